The summed E-state index contributed by atoms with van der Waals surface area (Å²) in [5.74, 6) is 1.54. The minimum Gasteiger partial charge on any atom is -0.493 e. The van der Waals surface area contributed by atoms with E-state index in [2.05, 4.69) is 56.4 Å². The van der Waals surface area contributed by atoms with Crippen molar-refractivity contribution >= 4 is 0 Å². The van der Waals surface area contributed by atoms with Gasteiger partial charge in [-0.15, -0.1) is 0 Å². The number of aryl methyl sites for hydroxylation is 1. The molecule has 3 rings (SSSR count). The van der Waals surface area contributed by atoms with Crippen molar-refractivity contribution in [1.82, 2.24) is 5.32 Å². The lowest BCUT2D eigenvalue weighted by atomic mass is 9.67. The summed E-state index contributed by atoms with van der Waals surface area (Å²) in [7, 11) is 3.34. The largest absolute Gasteiger partial charge is 0.493 e. The fourth-order valence-corrected chi connectivity index (χ4v) is 4.54. The van der Waals surface area contributed by atoms with Gasteiger partial charge in [0.15, 0.2) is 11.5 Å². The van der Waals surface area contributed by atoms with E-state index >= 15 is 0 Å². The van der Waals surface area contributed by atoms with Crippen LogP contribution in [0.15, 0.2) is 42.5 Å². The average Bonchev–Trinajstić information content (AvgIpc) is 2.70. The molecular weight excluding hydrogens is 362 g/mol. The van der Waals surface area contributed by atoms with E-state index in [0.717, 1.165) is 50.5 Å². The van der Waals surface area contributed by atoms with Crippen LogP contribution in [0.3, 0.4) is 0 Å². The third-order valence-electron chi connectivity index (χ3n) is 6.06. The summed E-state index contributed by atoms with van der Waals surface area (Å²) in [6.07, 6.45) is 3.20. The van der Waals surface area contributed by atoms with Gasteiger partial charge < -0.3 is 19.5 Å². The number of nitrogens with one attached hydrogen (secondary N) is 1. The quantitative estimate of drug-likeness (QED) is 0.635. The summed E-state index contributed by atoms with van der Waals surface area (Å²) in [6, 6.07) is 15.2. The van der Waals surface area contributed by atoms with Crippen LogP contribution in [0.25, 0.3) is 0 Å². The maximum absolute atomic E-state index is 6.04. The normalized spacial score (nSPS) is 21.0. The molecule has 1 unspecified atom stereocenters. The first-order valence-electron chi connectivity index (χ1n) is 10.5. The zero-order valence-electron chi connectivity index (χ0n) is 18.5. The van der Waals surface area contributed by atoms with Gasteiger partial charge in [0.1, 0.15) is 0 Å². The number of hydrogen-bond acceptors (Lipinski definition) is 4. The zero-order valence-corrected chi connectivity index (χ0v) is 18.5. The van der Waals surface area contributed by atoms with Crippen LogP contribution in [0.5, 0.6) is 11.5 Å². The van der Waals surface area contributed by atoms with Crippen molar-refractivity contribution in [3.63, 3.8) is 0 Å². The zero-order chi connectivity index (χ0) is 20.9. The first-order chi connectivity index (χ1) is 13.9. The summed E-state index contributed by atoms with van der Waals surface area (Å²) < 4.78 is 16.8. The van der Waals surface area contributed by atoms with Gasteiger partial charge in [0.05, 0.1) is 19.8 Å². The Morgan fingerprint density at radius 1 is 1.00 bits per heavy atom. The highest BCUT2D eigenvalue weighted by Crippen LogP contribution is 2.44. The van der Waals surface area contributed by atoms with Gasteiger partial charge >= 0.3 is 0 Å². The molecule has 0 bridgehead atoms. The molecule has 0 amide bonds. The van der Waals surface area contributed by atoms with Crippen LogP contribution >= 0.6 is 0 Å². The lowest BCUT2D eigenvalue weighted by Gasteiger charge is -2.45. The van der Waals surface area contributed by atoms with E-state index in [1.54, 1.807) is 14.2 Å². The van der Waals surface area contributed by atoms with Crippen molar-refractivity contribution in [2.24, 2.45) is 0 Å². The molecule has 1 atom stereocenters. The molecule has 0 spiro atoms. The minimum atomic E-state index is -0.0908. The van der Waals surface area contributed by atoms with E-state index in [0.29, 0.717) is 0 Å². The van der Waals surface area contributed by atoms with Crippen LogP contribution in [-0.2, 0) is 16.7 Å². The Kier molecular flexibility index (Phi) is 6.86. The second kappa shape index (κ2) is 9.19. The summed E-state index contributed by atoms with van der Waals surface area (Å²) >= 11 is 0. The highest BCUT2D eigenvalue weighted by Gasteiger charge is 2.41. The van der Waals surface area contributed by atoms with Crippen molar-refractivity contribution in [3.05, 3.63) is 59.2 Å². The molecule has 158 valence electrons. The van der Waals surface area contributed by atoms with Crippen LogP contribution in [0.1, 0.15) is 49.8 Å². The van der Waals surface area contributed by atoms with E-state index in [1.165, 1.54) is 16.7 Å². The molecule has 2 aromatic rings. The molecule has 1 aliphatic heterocycles. The molecule has 0 saturated carbocycles. The minimum absolute atomic E-state index is 0.0908. The Morgan fingerprint density at radius 2 is 1.72 bits per heavy atom. The molecule has 1 fully saturated rings. The lowest BCUT2D eigenvalue weighted by Crippen LogP contribution is -2.45. The Labute approximate surface area is 175 Å². The van der Waals surface area contributed by atoms with Crippen LogP contribution in [0, 0.1) is 6.92 Å². The predicted molar refractivity (Wildman–Crippen MR) is 118 cm³/mol. The lowest BCUT2D eigenvalue weighted by molar-refractivity contribution is -0.0840. The van der Waals surface area contributed by atoms with Crippen molar-refractivity contribution in [3.8, 4) is 11.5 Å². The van der Waals surface area contributed by atoms with Crippen molar-refractivity contribution in [2.45, 2.75) is 57.6 Å². The van der Waals surface area contributed by atoms with Crippen molar-refractivity contribution < 1.29 is 14.2 Å². The molecule has 0 radical (unpaired) electrons. The summed E-state index contributed by atoms with van der Waals surface area (Å²) in [5, 5.41) is 3.63. The Bertz CT molecular complexity index is 800. The number of methoxy groups -OCH3 is 2. The first kappa shape index (κ1) is 21.7. The standard InChI is InChI=1S/C25H35NO3/c1-19-6-9-21(10-7-19)25(13-15-29-24(2,3)18-25)12-14-26-17-20-8-11-22(27-4)23(16-20)28-5/h6-11,16,26H,12-15,17-18H2,1-5H3. The molecule has 4 heteroatoms. The molecule has 4 nitrogen and oxygen atoms in total. The topological polar surface area (TPSA) is 39.7 Å². The van der Waals surface area contributed by atoms with Gasteiger partial charge in [-0.05, 0) is 69.8 Å². The highest BCUT2D eigenvalue weighted by atomic mass is 16.5. The number of rotatable bonds is 8. The van der Waals surface area contributed by atoms with Gasteiger partial charge in [-0.3, -0.25) is 0 Å². The molecule has 0 aromatic heterocycles. The van der Waals surface area contributed by atoms with Crippen LogP contribution in [0.2, 0.25) is 0 Å². The van der Waals surface area contributed by atoms with E-state index in [1.807, 2.05) is 12.1 Å². The molecule has 29 heavy (non-hydrogen) atoms. The second-order valence-electron chi connectivity index (χ2n) is 8.80. The van der Waals surface area contributed by atoms with Crippen LogP contribution in [0.4, 0.5) is 0 Å². The Morgan fingerprint density at radius 3 is 2.38 bits per heavy atom. The molecule has 2 aromatic carbocycles. The van der Waals surface area contributed by atoms with E-state index in [9.17, 15) is 0 Å². The predicted octanol–water partition coefficient (Wildman–Crippen LogP) is 5.02. The molecule has 1 heterocycles. The molecule has 1 saturated heterocycles. The van der Waals surface area contributed by atoms with E-state index in [-0.39, 0.29) is 11.0 Å². The van der Waals surface area contributed by atoms with Gasteiger partial charge in [0, 0.05) is 18.6 Å². The van der Waals surface area contributed by atoms with E-state index < -0.39 is 0 Å². The highest BCUT2D eigenvalue weighted by molar-refractivity contribution is 5.42. The van der Waals surface area contributed by atoms with Gasteiger partial charge in [0.2, 0.25) is 0 Å². The fourth-order valence-electron chi connectivity index (χ4n) is 4.54. The third kappa shape index (κ3) is 5.31. The van der Waals surface area contributed by atoms with Crippen molar-refractivity contribution in [1.29, 1.82) is 0 Å². The Hall–Kier alpha value is -2.04. The summed E-state index contributed by atoms with van der Waals surface area (Å²) in [4.78, 5) is 0. The van der Waals surface area contributed by atoms with Crippen LogP contribution in [-0.4, -0.2) is 33.0 Å². The molecule has 1 N–H and O–H groups in total. The number of ether oxygens (including phenoxy) is 3. The summed E-state index contributed by atoms with van der Waals surface area (Å²) in [6.45, 7) is 9.16. The third-order valence-corrected chi connectivity index (χ3v) is 6.06. The number of hydrogen-bond donors (Lipinski definition) is 1. The van der Waals surface area contributed by atoms with E-state index in [4.69, 9.17) is 14.2 Å². The maximum Gasteiger partial charge on any atom is 0.161 e. The van der Waals surface area contributed by atoms with Gasteiger partial charge in [-0.2, -0.15) is 0 Å². The average molecular weight is 398 g/mol. The molecule has 0 aliphatic carbocycles. The Balaban J connectivity index is 1.67. The van der Waals surface area contributed by atoms with Gasteiger partial charge in [-0.25, -0.2) is 0 Å². The second-order valence-corrected chi connectivity index (χ2v) is 8.80. The number of benzene rings is 2. The van der Waals surface area contributed by atoms with Gasteiger partial charge in [-0.1, -0.05) is 35.9 Å². The van der Waals surface area contributed by atoms with Gasteiger partial charge in [0.25, 0.3) is 0 Å². The smallest absolute Gasteiger partial charge is 0.161 e. The fraction of sp³-hybridized carbons (Fsp3) is 0.520. The first-order valence-corrected chi connectivity index (χ1v) is 10.5. The molecule has 1 aliphatic rings. The maximum atomic E-state index is 6.04. The van der Waals surface area contributed by atoms with Crippen molar-refractivity contribution in [2.75, 3.05) is 27.4 Å². The summed E-state index contributed by atoms with van der Waals surface area (Å²) in [5.41, 5.74) is 4.00. The molecular formula is C25H35NO3. The SMILES string of the molecule is COc1ccc(CNCCC2(c3ccc(C)cc3)CCOC(C)(C)C2)cc1OC. The monoisotopic (exact) mass is 397 g/mol. The van der Waals surface area contributed by atoms with Crippen LogP contribution < -0.4 is 14.8 Å².